The van der Waals surface area contributed by atoms with Gasteiger partial charge in [-0.3, -0.25) is 14.4 Å². The number of nitrogens with zero attached hydrogens (tertiary/aromatic N) is 4. The third-order valence-corrected chi connectivity index (χ3v) is 6.15. The number of carbonyl (C=O) groups excluding carboxylic acids is 1. The molecule has 1 fully saturated rings. The van der Waals surface area contributed by atoms with Crippen molar-refractivity contribution in [1.82, 2.24) is 19.6 Å². The molecule has 0 saturated carbocycles. The second kappa shape index (κ2) is 7.38. The minimum atomic E-state index is -0.312. The molecule has 1 aromatic carbocycles. The Morgan fingerprint density at radius 2 is 2.00 bits per heavy atom. The van der Waals surface area contributed by atoms with Gasteiger partial charge in [-0.25, -0.2) is 4.39 Å². The van der Waals surface area contributed by atoms with E-state index in [4.69, 9.17) is 5.73 Å². The molecule has 3 aromatic rings. The number of benzene rings is 1. The first kappa shape index (κ1) is 18.1. The molecule has 0 unspecified atom stereocenters. The van der Waals surface area contributed by atoms with E-state index in [1.807, 2.05) is 18.0 Å². The predicted octanol–water partition coefficient (Wildman–Crippen LogP) is 2.16. The summed E-state index contributed by atoms with van der Waals surface area (Å²) in [6, 6.07) is 8.44. The number of halogens is 1. The molecule has 0 bridgehead atoms. The van der Waals surface area contributed by atoms with E-state index in [1.165, 1.54) is 17.4 Å². The van der Waals surface area contributed by atoms with Crippen LogP contribution in [0.4, 0.5) is 4.39 Å². The highest BCUT2D eigenvalue weighted by atomic mass is 32.1. The van der Waals surface area contributed by atoms with Crippen molar-refractivity contribution in [2.75, 3.05) is 39.3 Å². The Morgan fingerprint density at radius 1 is 1.26 bits per heavy atom. The second-order valence-electron chi connectivity index (χ2n) is 6.70. The van der Waals surface area contributed by atoms with Crippen LogP contribution in [0.15, 0.2) is 30.3 Å². The summed E-state index contributed by atoms with van der Waals surface area (Å²) in [5, 5.41) is 5.29. The van der Waals surface area contributed by atoms with E-state index in [0.717, 1.165) is 29.9 Å². The number of rotatable bonds is 4. The summed E-state index contributed by atoms with van der Waals surface area (Å²) in [6.07, 6.45) is 0. The Balaban J connectivity index is 1.62. The molecular weight excluding hydrogens is 365 g/mol. The van der Waals surface area contributed by atoms with Crippen molar-refractivity contribution in [3.63, 3.8) is 0 Å². The average molecular weight is 387 g/mol. The number of nitrogens with two attached hydrogens (primary N) is 1. The fraction of sp³-hybridized carbons (Fsp3) is 0.368. The van der Waals surface area contributed by atoms with Gasteiger partial charge in [0.2, 0.25) is 0 Å². The quantitative estimate of drug-likeness (QED) is 0.745. The molecule has 4 rings (SSSR count). The number of aryl methyl sites for hydroxylation is 1. The molecule has 1 aliphatic rings. The zero-order valence-corrected chi connectivity index (χ0v) is 16.0. The first-order valence-electron chi connectivity index (χ1n) is 9.01. The van der Waals surface area contributed by atoms with Crippen LogP contribution < -0.4 is 5.73 Å². The van der Waals surface area contributed by atoms with E-state index in [2.05, 4.69) is 10.00 Å². The maximum Gasteiger partial charge on any atom is 0.264 e. The van der Waals surface area contributed by atoms with Gasteiger partial charge in [0, 0.05) is 57.3 Å². The van der Waals surface area contributed by atoms with Crippen molar-refractivity contribution in [3.05, 3.63) is 41.0 Å². The summed E-state index contributed by atoms with van der Waals surface area (Å²) in [7, 11) is 1.82. The first-order chi connectivity index (χ1) is 13.1. The number of hydrogen-bond donors (Lipinski definition) is 1. The molecule has 1 saturated heterocycles. The lowest BCUT2D eigenvalue weighted by molar-refractivity contribution is 0.0646. The molecule has 142 valence electrons. The Bertz CT molecular complexity index is 974. The zero-order chi connectivity index (χ0) is 19.0. The molecule has 0 spiro atoms. The molecule has 2 N–H and O–H groups in total. The van der Waals surface area contributed by atoms with Gasteiger partial charge >= 0.3 is 0 Å². The highest BCUT2D eigenvalue weighted by Gasteiger charge is 2.25. The number of hydrogen-bond acceptors (Lipinski definition) is 5. The van der Waals surface area contributed by atoms with Crippen molar-refractivity contribution in [2.45, 2.75) is 0 Å². The number of fused-ring (bicyclic) bond motifs is 1. The Hall–Kier alpha value is -2.29. The third-order valence-electron chi connectivity index (χ3n) is 4.96. The molecular formula is C19H22FN5OS. The van der Waals surface area contributed by atoms with E-state index in [1.54, 1.807) is 22.9 Å². The zero-order valence-electron chi connectivity index (χ0n) is 15.2. The summed E-state index contributed by atoms with van der Waals surface area (Å²) >= 11 is 1.41. The van der Waals surface area contributed by atoms with Crippen molar-refractivity contribution in [3.8, 4) is 11.3 Å². The smallest absolute Gasteiger partial charge is 0.264 e. The van der Waals surface area contributed by atoms with Gasteiger partial charge < -0.3 is 10.6 Å². The SMILES string of the molecule is Cn1nc(-c2ccccc2F)c2cc(C(=O)N3CCN(CCN)CC3)sc21. The largest absolute Gasteiger partial charge is 0.335 e. The van der Waals surface area contributed by atoms with Crippen molar-refractivity contribution >= 4 is 27.5 Å². The maximum absolute atomic E-state index is 14.2. The monoisotopic (exact) mass is 387 g/mol. The molecule has 2 aromatic heterocycles. The minimum Gasteiger partial charge on any atom is -0.335 e. The van der Waals surface area contributed by atoms with Crippen LogP contribution in [-0.2, 0) is 7.05 Å². The van der Waals surface area contributed by atoms with Gasteiger partial charge in [-0.05, 0) is 18.2 Å². The van der Waals surface area contributed by atoms with Gasteiger partial charge in [0.05, 0.1) is 4.88 Å². The van der Waals surface area contributed by atoms with Crippen LogP contribution in [0.3, 0.4) is 0 Å². The highest BCUT2D eigenvalue weighted by molar-refractivity contribution is 7.20. The summed E-state index contributed by atoms with van der Waals surface area (Å²) in [5.41, 5.74) is 6.64. The van der Waals surface area contributed by atoms with Crippen LogP contribution >= 0.6 is 11.3 Å². The number of aromatic nitrogens is 2. The van der Waals surface area contributed by atoms with Gasteiger partial charge in [0.25, 0.3) is 5.91 Å². The van der Waals surface area contributed by atoms with Crippen LogP contribution in [0, 0.1) is 5.82 Å². The highest BCUT2D eigenvalue weighted by Crippen LogP contribution is 2.35. The Labute approximate surface area is 161 Å². The number of piperazine rings is 1. The van der Waals surface area contributed by atoms with Gasteiger partial charge in [-0.15, -0.1) is 11.3 Å². The van der Waals surface area contributed by atoms with Crippen LogP contribution in [0.2, 0.25) is 0 Å². The summed E-state index contributed by atoms with van der Waals surface area (Å²) < 4.78 is 16.0. The van der Waals surface area contributed by atoms with E-state index < -0.39 is 0 Å². The van der Waals surface area contributed by atoms with Gasteiger partial charge in [0.1, 0.15) is 16.3 Å². The molecule has 0 aliphatic carbocycles. The van der Waals surface area contributed by atoms with Crippen molar-refractivity contribution < 1.29 is 9.18 Å². The number of amides is 1. The van der Waals surface area contributed by atoms with Crippen LogP contribution in [-0.4, -0.2) is 64.8 Å². The van der Waals surface area contributed by atoms with Crippen LogP contribution in [0.25, 0.3) is 21.5 Å². The van der Waals surface area contributed by atoms with E-state index in [0.29, 0.717) is 35.8 Å². The van der Waals surface area contributed by atoms with Crippen LogP contribution in [0.1, 0.15) is 9.67 Å². The molecule has 8 heteroatoms. The maximum atomic E-state index is 14.2. The van der Waals surface area contributed by atoms with Gasteiger partial charge in [-0.1, -0.05) is 12.1 Å². The molecule has 0 radical (unpaired) electrons. The molecule has 1 amide bonds. The van der Waals surface area contributed by atoms with Gasteiger partial charge in [0.15, 0.2) is 0 Å². The molecule has 3 heterocycles. The topological polar surface area (TPSA) is 67.4 Å². The fourth-order valence-electron chi connectivity index (χ4n) is 3.51. The van der Waals surface area contributed by atoms with E-state index in [-0.39, 0.29) is 11.7 Å². The Kier molecular flexibility index (Phi) is 4.94. The second-order valence-corrected chi connectivity index (χ2v) is 7.73. The van der Waals surface area contributed by atoms with Gasteiger partial charge in [-0.2, -0.15) is 5.10 Å². The number of carbonyl (C=O) groups is 1. The fourth-order valence-corrected chi connectivity index (χ4v) is 4.55. The van der Waals surface area contributed by atoms with Crippen molar-refractivity contribution in [1.29, 1.82) is 0 Å². The third kappa shape index (κ3) is 3.36. The number of thiophene rings is 1. The molecule has 6 nitrogen and oxygen atoms in total. The lowest BCUT2D eigenvalue weighted by Crippen LogP contribution is -2.49. The van der Waals surface area contributed by atoms with E-state index >= 15 is 0 Å². The predicted molar refractivity (Wildman–Crippen MR) is 105 cm³/mol. The van der Waals surface area contributed by atoms with Crippen LogP contribution in [0.5, 0.6) is 0 Å². The first-order valence-corrected chi connectivity index (χ1v) is 9.83. The van der Waals surface area contributed by atoms with E-state index in [9.17, 15) is 9.18 Å². The molecule has 27 heavy (non-hydrogen) atoms. The lowest BCUT2D eigenvalue weighted by Gasteiger charge is -2.34. The average Bonchev–Trinajstić information content (AvgIpc) is 3.23. The summed E-state index contributed by atoms with van der Waals surface area (Å²) in [5.74, 6) is -0.282. The lowest BCUT2D eigenvalue weighted by atomic mass is 10.1. The normalized spacial score (nSPS) is 15.6. The minimum absolute atomic E-state index is 0.0306. The standard InChI is InChI=1S/C19H22FN5OS/c1-23-19-14(17(22-23)13-4-2-3-5-15(13)20)12-16(27-19)18(26)25-10-8-24(7-6-21)9-11-25/h2-5,12H,6-11,21H2,1H3. The molecule has 0 atom stereocenters. The summed E-state index contributed by atoms with van der Waals surface area (Å²) in [4.78, 5) is 18.6. The molecule has 1 aliphatic heterocycles. The Morgan fingerprint density at radius 3 is 2.70 bits per heavy atom. The summed E-state index contributed by atoms with van der Waals surface area (Å²) in [6.45, 7) is 4.58. The van der Waals surface area contributed by atoms with Crippen molar-refractivity contribution in [2.24, 2.45) is 12.8 Å².